The number of hydrogen-bond donors (Lipinski definition) is 2. The molecule has 43 heavy (non-hydrogen) atoms. The van der Waals surface area contributed by atoms with Crippen molar-refractivity contribution in [2.24, 2.45) is 5.92 Å². The van der Waals surface area contributed by atoms with Gasteiger partial charge in [0.25, 0.3) is 5.69 Å². The van der Waals surface area contributed by atoms with Crippen LogP contribution in [0, 0.1) is 16.0 Å². The van der Waals surface area contributed by atoms with Crippen molar-refractivity contribution in [1.29, 1.82) is 0 Å². The summed E-state index contributed by atoms with van der Waals surface area (Å²) in [5.41, 5.74) is 3.25. The van der Waals surface area contributed by atoms with Gasteiger partial charge in [-0.3, -0.25) is 14.9 Å². The van der Waals surface area contributed by atoms with Gasteiger partial charge < -0.3 is 19.9 Å². The van der Waals surface area contributed by atoms with Crippen LogP contribution >= 0.6 is 11.8 Å². The van der Waals surface area contributed by atoms with Crippen molar-refractivity contribution < 1.29 is 24.3 Å². The molecule has 1 amide bonds. The molecular formula is C34H36N2O6S. The molecule has 0 spiro atoms. The Kier molecular flexibility index (Phi) is 10.8. The van der Waals surface area contributed by atoms with E-state index in [1.54, 1.807) is 11.8 Å². The lowest BCUT2D eigenvalue weighted by atomic mass is 9.84. The Morgan fingerprint density at radius 2 is 1.42 bits per heavy atom. The molecule has 9 heteroatoms. The summed E-state index contributed by atoms with van der Waals surface area (Å²) in [6.07, 6.45) is -1.05. The minimum Gasteiger partial charge on any atom is -0.493 e. The first-order valence-corrected chi connectivity index (χ1v) is 15.0. The van der Waals surface area contributed by atoms with Gasteiger partial charge in [0.1, 0.15) is 6.61 Å². The average molecular weight is 601 g/mol. The Morgan fingerprint density at radius 1 is 0.907 bits per heavy atom. The fourth-order valence-electron chi connectivity index (χ4n) is 4.93. The zero-order valence-corrected chi connectivity index (χ0v) is 25.3. The molecule has 0 saturated heterocycles. The predicted octanol–water partition coefficient (Wildman–Crippen LogP) is 6.51. The van der Waals surface area contributed by atoms with Gasteiger partial charge in [0.05, 0.1) is 41.1 Å². The smallest absolute Gasteiger partial charge is 0.279 e. The van der Waals surface area contributed by atoms with E-state index in [1.807, 2.05) is 61.5 Å². The number of ether oxygens (including phenoxy) is 2. The SMILES string of the molecule is COc1cc(C(C)O)c([N+](=O)[O-])cc1OCCNC(=O)C(C)CSC(c1ccccc1)(c1ccccc1)c1ccccc1. The molecular weight excluding hydrogens is 564 g/mol. The van der Waals surface area contributed by atoms with Crippen LogP contribution in [0.2, 0.25) is 0 Å². The average Bonchev–Trinajstić information content (AvgIpc) is 3.04. The third-order valence-corrected chi connectivity index (χ3v) is 8.96. The van der Waals surface area contributed by atoms with E-state index in [0.717, 1.165) is 16.7 Å². The van der Waals surface area contributed by atoms with Crippen LogP contribution in [-0.2, 0) is 9.54 Å². The summed E-state index contributed by atoms with van der Waals surface area (Å²) in [4.78, 5) is 24.1. The first-order valence-electron chi connectivity index (χ1n) is 14.0. The Labute approximate surface area is 256 Å². The van der Waals surface area contributed by atoms with Crippen molar-refractivity contribution in [1.82, 2.24) is 5.32 Å². The first kappa shape index (κ1) is 31.6. The number of rotatable bonds is 14. The first-order chi connectivity index (χ1) is 20.8. The molecule has 4 rings (SSSR count). The molecule has 0 radical (unpaired) electrons. The zero-order chi connectivity index (χ0) is 30.8. The van der Waals surface area contributed by atoms with Crippen LogP contribution in [0.1, 0.15) is 42.2 Å². The molecule has 2 N–H and O–H groups in total. The van der Waals surface area contributed by atoms with Gasteiger partial charge in [0, 0.05) is 11.7 Å². The largest absolute Gasteiger partial charge is 0.493 e. The maximum absolute atomic E-state index is 13.1. The number of carbonyl (C=O) groups excluding carboxylic acids is 1. The van der Waals surface area contributed by atoms with Crippen molar-refractivity contribution >= 4 is 23.4 Å². The molecule has 0 saturated carbocycles. The zero-order valence-electron chi connectivity index (χ0n) is 24.4. The second-order valence-corrected chi connectivity index (χ2v) is 11.4. The lowest BCUT2D eigenvalue weighted by molar-refractivity contribution is -0.386. The molecule has 2 unspecified atom stereocenters. The number of benzene rings is 4. The molecule has 0 aromatic heterocycles. The lowest BCUT2D eigenvalue weighted by Gasteiger charge is -2.36. The summed E-state index contributed by atoms with van der Waals surface area (Å²) >= 11 is 1.72. The third-order valence-electron chi connectivity index (χ3n) is 7.16. The molecule has 0 bridgehead atoms. The number of aliphatic hydroxyl groups excluding tert-OH is 1. The highest BCUT2D eigenvalue weighted by molar-refractivity contribution is 8.00. The maximum Gasteiger partial charge on any atom is 0.279 e. The Balaban J connectivity index is 1.46. The van der Waals surface area contributed by atoms with E-state index in [2.05, 4.69) is 41.7 Å². The molecule has 0 heterocycles. The van der Waals surface area contributed by atoms with Gasteiger partial charge in [-0.2, -0.15) is 0 Å². The van der Waals surface area contributed by atoms with Crippen LogP contribution in [-0.4, -0.2) is 42.0 Å². The molecule has 0 aliphatic rings. The van der Waals surface area contributed by atoms with Gasteiger partial charge >= 0.3 is 0 Å². The van der Waals surface area contributed by atoms with Crippen molar-refractivity contribution in [2.45, 2.75) is 24.7 Å². The van der Waals surface area contributed by atoms with Crippen LogP contribution in [0.25, 0.3) is 0 Å². The molecule has 8 nitrogen and oxygen atoms in total. The fourth-order valence-corrected chi connectivity index (χ4v) is 6.49. The summed E-state index contributed by atoms with van der Waals surface area (Å²) in [5, 5.41) is 24.4. The van der Waals surface area contributed by atoms with Crippen molar-refractivity contribution in [3.8, 4) is 11.5 Å². The van der Waals surface area contributed by atoms with Crippen LogP contribution in [0.5, 0.6) is 11.5 Å². The van der Waals surface area contributed by atoms with Crippen LogP contribution in [0.4, 0.5) is 5.69 Å². The Bertz CT molecular complexity index is 1400. The maximum atomic E-state index is 13.1. The fraction of sp³-hybridized carbons (Fsp3) is 0.265. The molecule has 4 aromatic rings. The van der Waals surface area contributed by atoms with Gasteiger partial charge in [0.2, 0.25) is 5.91 Å². The van der Waals surface area contributed by atoms with Crippen molar-refractivity contribution in [3.63, 3.8) is 0 Å². The molecule has 4 aromatic carbocycles. The number of carbonyl (C=O) groups is 1. The predicted molar refractivity (Wildman–Crippen MR) is 170 cm³/mol. The van der Waals surface area contributed by atoms with E-state index in [-0.39, 0.29) is 47.7 Å². The normalized spacial score (nSPS) is 12.7. The topological polar surface area (TPSA) is 111 Å². The molecule has 0 aliphatic carbocycles. The summed E-state index contributed by atoms with van der Waals surface area (Å²) in [5.74, 6) is 0.529. The molecule has 0 fully saturated rings. The van der Waals surface area contributed by atoms with Gasteiger partial charge in [-0.15, -0.1) is 11.8 Å². The summed E-state index contributed by atoms with van der Waals surface area (Å²) in [6.45, 7) is 3.62. The summed E-state index contributed by atoms with van der Waals surface area (Å²) in [7, 11) is 1.42. The minimum atomic E-state index is -1.05. The summed E-state index contributed by atoms with van der Waals surface area (Å²) in [6, 6.07) is 33.6. The highest BCUT2D eigenvalue weighted by atomic mass is 32.2. The number of methoxy groups -OCH3 is 1. The van der Waals surface area contributed by atoms with E-state index in [9.17, 15) is 20.0 Å². The number of nitrogens with one attached hydrogen (secondary N) is 1. The standard InChI is InChI=1S/C34H36N2O6S/c1-24(33(38)35-19-20-42-32-22-30(36(39)40)29(25(2)37)21-31(32)41-3)23-43-34(26-13-7-4-8-14-26,27-15-9-5-10-16-27)28-17-11-6-12-18-28/h4-18,21-22,24-25,37H,19-20,23H2,1-3H3,(H,35,38). The third kappa shape index (κ3) is 7.36. The monoisotopic (exact) mass is 600 g/mol. The second kappa shape index (κ2) is 14.7. The van der Waals surface area contributed by atoms with E-state index in [4.69, 9.17) is 9.47 Å². The van der Waals surface area contributed by atoms with E-state index in [0.29, 0.717) is 5.75 Å². The molecule has 2 atom stereocenters. The number of thioether (sulfide) groups is 1. The van der Waals surface area contributed by atoms with E-state index in [1.165, 1.54) is 26.2 Å². The number of nitro groups is 1. The number of nitro benzene ring substituents is 1. The van der Waals surface area contributed by atoms with Gasteiger partial charge in [0.15, 0.2) is 11.5 Å². The van der Waals surface area contributed by atoms with Crippen LogP contribution in [0.3, 0.4) is 0 Å². The highest BCUT2D eigenvalue weighted by Crippen LogP contribution is 2.49. The van der Waals surface area contributed by atoms with E-state index < -0.39 is 15.8 Å². The van der Waals surface area contributed by atoms with Crippen LogP contribution in [0.15, 0.2) is 103 Å². The van der Waals surface area contributed by atoms with Gasteiger partial charge in [-0.25, -0.2) is 0 Å². The summed E-state index contributed by atoms with van der Waals surface area (Å²) < 4.78 is 10.5. The Morgan fingerprint density at radius 3 is 1.86 bits per heavy atom. The molecule has 0 aliphatic heterocycles. The lowest BCUT2D eigenvalue weighted by Crippen LogP contribution is -2.35. The second-order valence-electron chi connectivity index (χ2n) is 10.1. The van der Waals surface area contributed by atoms with E-state index >= 15 is 0 Å². The van der Waals surface area contributed by atoms with Gasteiger partial charge in [-0.1, -0.05) is 97.9 Å². The quantitative estimate of drug-likeness (QED) is 0.0734. The number of hydrogen-bond acceptors (Lipinski definition) is 7. The highest BCUT2D eigenvalue weighted by Gasteiger charge is 2.37. The molecule has 224 valence electrons. The number of amides is 1. The van der Waals surface area contributed by atoms with Crippen LogP contribution < -0.4 is 14.8 Å². The van der Waals surface area contributed by atoms with Gasteiger partial charge in [-0.05, 0) is 29.7 Å². The number of nitrogens with zero attached hydrogens (tertiary/aromatic N) is 1. The minimum absolute atomic E-state index is 0.0785. The van der Waals surface area contributed by atoms with Crippen molar-refractivity contribution in [2.75, 3.05) is 26.0 Å². The Hall–Kier alpha value is -4.34. The van der Waals surface area contributed by atoms with Crippen molar-refractivity contribution in [3.05, 3.63) is 135 Å². The number of aliphatic hydroxyl groups is 1.